The average molecular weight is 729 g/mol. The molecular formula is C38H53ClN4O6S. The van der Waals surface area contributed by atoms with Crippen LogP contribution in [0.25, 0.3) is 0 Å². The van der Waals surface area contributed by atoms with Gasteiger partial charge in [0.1, 0.15) is 12.4 Å². The minimum atomic E-state index is -3.97. The number of ether oxygens (including phenoxy) is 1. The summed E-state index contributed by atoms with van der Waals surface area (Å²) >= 11 is 6.37. The first-order valence-corrected chi connectivity index (χ1v) is 20.3. The molecule has 50 heavy (non-hydrogen) atoms. The van der Waals surface area contributed by atoms with Crippen LogP contribution in [0.4, 0.5) is 5.69 Å². The third kappa shape index (κ3) is 8.27. The van der Waals surface area contributed by atoms with Crippen LogP contribution in [-0.2, 0) is 27.8 Å². The van der Waals surface area contributed by atoms with E-state index < -0.39 is 26.8 Å². The molecular weight excluding hydrogens is 676 g/mol. The summed E-state index contributed by atoms with van der Waals surface area (Å²) in [5.41, 5.74) is 2.30. The van der Waals surface area contributed by atoms with Crippen molar-refractivity contribution in [2.75, 3.05) is 50.7 Å². The lowest BCUT2D eigenvalue weighted by Gasteiger charge is -2.51. The molecule has 2 fully saturated rings. The zero-order valence-electron chi connectivity index (χ0n) is 29.7. The molecule has 2 N–H and O–H groups in total. The van der Waals surface area contributed by atoms with Gasteiger partial charge in [-0.3, -0.25) is 14.5 Å². The molecule has 3 aliphatic heterocycles. The van der Waals surface area contributed by atoms with E-state index in [9.17, 15) is 23.1 Å². The molecule has 0 spiro atoms. The van der Waals surface area contributed by atoms with Gasteiger partial charge in [-0.15, -0.1) is 0 Å². The molecule has 12 heteroatoms. The first kappa shape index (κ1) is 36.9. The van der Waals surface area contributed by atoms with E-state index in [0.29, 0.717) is 62.8 Å². The van der Waals surface area contributed by atoms with Gasteiger partial charge < -0.3 is 19.6 Å². The molecule has 0 aromatic heterocycles. The largest absolute Gasteiger partial charge is 0.487 e. The highest BCUT2D eigenvalue weighted by atomic mass is 35.5. The summed E-state index contributed by atoms with van der Waals surface area (Å²) in [4.78, 5) is 32.0. The Morgan fingerprint density at radius 3 is 2.50 bits per heavy atom. The van der Waals surface area contributed by atoms with Crippen LogP contribution in [0.1, 0.15) is 87.2 Å². The van der Waals surface area contributed by atoms with E-state index in [-0.39, 0.29) is 29.2 Å². The molecule has 2 amide bonds. The van der Waals surface area contributed by atoms with Crippen molar-refractivity contribution in [3.05, 3.63) is 58.1 Å². The zero-order chi connectivity index (χ0) is 35.6. The van der Waals surface area contributed by atoms with Crippen LogP contribution in [0.2, 0.25) is 5.02 Å². The minimum absolute atomic E-state index is 0.0677. The Kier molecular flexibility index (Phi) is 11.4. The van der Waals surface area contributed by atoms with Crippen LogP contribution in [-0.4, -0.2) is 91.8 Å². The van der Waals surface area contributed by atoms with Crippen molar-refractivity contribution in [2.45, 2.75) is 89.6 Å². The van der Waals surface area contributed by atoms with Crippen molar-refractivity contribution in [3.8, 4) is 5.75 Å². The number of sulfonamides is 1. The number of aliphatic hydroxyl groups is 1. The molecule has 0 unspecified atom stereocenters. The molecule has 10 nitrogen and oxygen atoms in total. The third-order valence-corrected chi connectivity index (χ3v) is 14.1. The number of hydrogen-bond acceptors (Lipinski definition) is 8. The Balaban J connectivity index is 1.34. The Morgan fingerprint density at radius 2 is 1.78 bits per heavy atom. The van der Waals surface area contributed by atoms with E-state index in [1.807, 2.05) is 30.0 Å². The number of hydrogen-bond donors (Lipinski definition) is 2. The number of rotatable bonds is 2. The fourth-order valence-corrected chi connectivity index (χ4v) is 9.90. The van der Waals surface area contributed by atoms with Gasteiger partial charge in [-0.1, -0.05) is 31.0 Å². The Labute approximate surface area is 302 Å². The summed E-state index contributed by atoms with van der Waals surface area (Å²) in [6, 6.07) is 11.1. The van der Waals surface area contributed by atoms with Crippen molar-refractivity contribution < 1.29 is 27.9 Å². The normalized spacial score (nSPS) is 29.7. The number of anilines is 1. The van der Waals surface area contributed by atoms with Crippen LogP contribution in [0.5, 0.6) is 5.75 Å². The van der Waals surface area contributed by atoms with Gasteiger partial charge in [-0.2, -0.15) is 0 Å². The average Bonchev–Trinajstić information content (AvgIpc) is 3.09. The number of amides is 2. The number of aryl methyl sites for hydroxylation is 1. The number of piperazine rings is 1. The highest BCUT2D eigenvalue weighted by molar-refractivity contribution is 7.90. The molecule has 1 saturated carbocycles. The topological polar surface area (TPSA) is 119 Å². The number of nitrogens with zero attached hydrogens (tertiary/aromatic N) is 3. The molecule has 2 bridgehead atoms. The Bertz CT molecular complexity index is 1660. The Morgan fingerprint density at radius 1 is 1.00 bits per heavy atom. The molecule has 2 aromatic carbocycles. The second-order valence-corrected chi connectivity index (χ2v) is 17.6. The molecule has 6 rings (SSSR count). The summed E-state index contributed by atoms with van der Waals surface area (Å²) in [5.74, 6) is 0.145. The lowest BCUT2D eigenvalue weighted by Crippen LogP contribution is -2.59. The molecule has 5 atom stereocenters. The fraction of sp³-hybridized carbons (Fsp3) is 0.632. The monoisotopic (exact) mass is 728 g/mol. The molecule has 4 aliphatic rings. The Hall–Kier alpha value is -2.86. The molecule has 274 valence electrons. The van der Waals surface area contributed by atoms with E-state index in [4.69, 9.17) is 16.3 Å². The number of carbonyl (C=O) groups excluding carboxylic acids is 2. The highest BCUT2D eigenvalue weighted by Crippen LogP contribution is 2.46. The number of halogens is 1. The number of fused-ring (bicyclic) bond motifs is 3. The maximum Gasteiger partial charge on any atom is 0.264 e. The van der Waals surface area contributed by atoms with Crippen LogP contribution in [0.15, 0.2) is 36.4 Å². The van der Waals surface area contributed by atoms with E-state index in [1.54, 1.807) is 32.0 Å². The van der Waals surface area contributed by atoms with Crippen LogP contribution in [0, 0.1) is 17.8 Å². The van der Waals surface area contributed by atoms with E-state index in [1.165, 1.54) is 0 Å². The zero-order valence-corrected chi connectivity index (χ0v) is 31.3. The van der Waals surface area contributed by atoms with Crippen LogP contribution >= 0.6 is 11.6 Å². The summed E-state index contributed by atoms with van der Waals surface area (Å²) in [7, 11) is -3.97. The quantitative estimate of drug-likeness (QED) is 0.431. The molecule has 3 heterocycles. The van der Waals surface area contributed by atoms with Gasteiger partial charge in [0.2, 0.25) is 15.9 Å². The summed E-state index contributed by atoms with van der Waals surface area (Å²) in [5, 5.41) is 12.5. The summed E-state index contributed by atoms with van der Waals surface area (Å²) in [6.07, 6.45) is 6.48. The predicted molar refractivity (Wildman–Crippen MR) is 196 cm³/mol. The highest BCUT2D eigenvalue weighted by Gasteiger charge is 2.48. The number of nitrogens with one attached hydrogen (secondary N) is 1. The lowest BCUT2D eigenvalue weighted by molar-refractivity contribution is -0.133. The van der Waals surface area contributed by atoms with Crippen LogP contribution < -0.4 is 14.4 Å². The van der Waals surface area contributed by atoms with Gasteiger partial charge in [0.05, 0.1) is 16.5 Å². The van der Waals surface area contributed by atoms with Crippen molar-refractivity contribution in [3.63, 3.8) is 0 Å². The van der Waals surface area contributed by atoms with Crippen molar-refractivity contribution in [2.24, 2.45) is 17.8 Å². The fourth-order valence-electron chi connectivity index (χ4n) is 8.40. The van der Waals surface area contributed by atoms with Crippen molar-refractivity contribution >= 4 is 39.1 Å². The van der Waals surface area contributed by atoms with E-state index >= 15 is 0 Å². The maximum atomic E-state index is 13.5. The van der Waals surface area contributed by atoms with Gasteiger partial charge in [0.15, 0.2) is 0 Å². The van der Waals surface area contributed by atoms with Crippen molar-refractivity contribution in [1.82, 2.24) is 14.5 Å². The first-order chi connectivity index (χ1) is 23.8. The molecule has 2 aromatic rings. The third-order valence-electron chi connectivity index (χ3n) is 11.9. The standard InChI is InChI=1S/C38H53ClN4O6S/c1-26-7-6-15-38(46,25-41-17-19-42(20-18-41)28(3)44)34-13-10-31(34)23-43-16-5-4-8-29-21-33(39)12-9-32(29)24-49-36-14-11-30(22-35(36)43)37(45)40-50(47,48)27(26)2/h9,11-12,14,21-22,26-27,31,34,46H,4-8,10,13,15-20,23-25H2,1-3H3,(H,40,45)/t26-,27+,31-,34+,38+/m0/s1. The molecule has 1 aliphatic carbocycles. The SMILES string of the molecule is CC(=O)N1CCN(C[C@]2(O)CCC[C@H](C)[C@@H](C)S(=O)(=O)NC(=O)c3ccc4c(c3)N(CCCCc3cc(Cl)ccc3CO4)C[C@@H]3CC[C@H]32)CC1. The van der Waals surface area contributed by atoms with Gasteiger partial charge in [-0.25, -0.2) is 13.1 Å². The second kappa shape index (κ2) is 15.4. The molecule has 1 saturated heterocycles. The predicted octanol–water partition coefficient (Wildman–Crippen LogP) is 5.25. The van der Waals surface area contributed by atoms with E-state index in [2.05, 4.69) is 14.5 Å². The number of β-amino-alcohol motifs (C(OH)–C–C–N with tert-alkyl or cyclic N) is 1. The smallest absolute Gasteiger partial charge is 0.264 e. The number of benzene rings is 2. The van der Waals surface area contributed by atoms with Crippen molar-refractivity contribution in [1.29, 1.82) is 0 Å². The number of carbonyl (C=O) groups is 2. The minimum Gasteiger partial charge on any atom is -0.487 e. The van der Waals surface area contributed by atoms with Gasteiger partial charge in [-0.05, 0) is 111 Å². The van der Waals surface area contributed by atoms with Gasteiger partial charge >= 0.3 is 0 Å². The second-order valence-electron chi connectivity index (χ2n) is 15.2. The maximum absolute atomic E-state index is 13.5. The van der Waals surface area contributed by atoms with E-state index in [0.717, 1.165) is 68.6 Å². The van der Waals surface area contributed by atoms with Gasteiger partial charge in [0.25, 0.3) is 5.91 Å². The molecule has 0 radical (unpaired) electrons. The lowest BCUT2D eigenvalue weighted by atomic mass is 9.62. The van der Waals surface area contributed by atoms with Gasteiger partial charge in [0, 0.05) is 63.3 Å². The first-order valence-electron chi connectivity index (χ1n) is 18.4. The summed E-state index contributed by atoms with van der Waals surface area (Å²) in [6.45, 7) is 10.2. The summed E-state index contributed by atoms with van der Waals surface area (Å²) < 4.78 is 35.8. The van der Waals surface area contributed by atoms with Crippen LogP contribution in [0.3, 0.4) is 0 Å².